The third-order valence-corrected chi connectivity index (χ3v) is 6.21. The largest absolute Gasteiger partial charge is 0.322 e. The van der Waals surface area contributed by atoms with Crippen molar-refractivity contribution in [2.45, 2.75) is 51.1 Å². The number of urea groups is 1. The molecular weight excluding hydrogens is 425 g/mol. The van der Waals surface area contributed by atoms with Crippen LogP contribution in [0.2, 0.25) is 0 Å². The van der Waals surface area contributed by atoms with E-state index < -0.39 is 29.2 Å². The first-order chi connectivity index (χ1) is 16.0. The molecule has 2 amide bonds. The lowest BCUT2D eigenvalue weighted by molar-refractivity contribution is 0.175. The number of hydrogen-bond acceptors (Lipinski definition) is 1. The number of benzene rings is 3. The maximum Gasteiger partial charge on any atom is 0.322 e. The fraction of sp³-hybridized carbons (Fsp3) is 0.296. The number of hydrogen-bond donors (Lipinski definition) is 1. The molecule has 1 saturated carbocycles. The number of nitrogens with zero attached hydrogens (tertiary/aromatic N) is 1. The lowest BCUT2D eigenvalue weighted by Gasteiger charge is -2.32. The number of amides is 2. The number of carbonyl (C=O) groups is 1. The van der Waals surface area contributed by atoms with Crippen molar-refractivity contribution in [1.29, 1.82) is 0 Å². The summed E-state index contributed by atoms with van der Waals surface area (Å²) in [5, 5.41) is 2.37. The van der Waals surface area contributed by atoms with Gasteiger partial charge in [0.05, 0.1) is 0 Å². The van der Waals surface area contributed by atoms with Gasteiger partial charge in [-0.1, -0.05) is 80.3 Å². The molecule has 0 bridgehead atoms. The minimum absolute atomic E-state index is 0.0529. The molecule has 0 spiro atoms. The maximum atomic E-state index is 14.2. The van der Waals surface area contributed by atoms with Crippen LogP contribution in [-0.2, 0) is 6.54 Å². The van der Waals surface area contributed by atoms with Gasteiger partial charge in [-0.2, -0.15) is 0 Å². The van der Waals surface area contributed by atoms with Crippen molar-refractivity contribution in [3.8, 4) is 11.1 Å². The summed E-state index contributed by atoms with van der Waals surface area (Å²) < 4.78 is 41.8. The molecule has 3 aromatic carbocycles. The molecule has 0 heterocycles. The summed E-state index contributed by atoms with van der Waals surface area (Å²) in [4.78, 5) is 15.0. The van der Waals surface area contributed by atoms with Crippen molar-refractivity contribution in [3.63, 3.8) is 0 Å². The zero-order valence-electron chi connectivity index (χ0n) is 18.4. The number of halogens is 3. The van der Waals surface area contributed by atoms with Crippen LogP contribution < -0.4 is 5.32 Å². The fourth-order valence-electron chi connectivity index (χ4n) is 4.52. The van der Waals surface area contributed by atoms with Gasteiger partial charge in [0.15, 0.2) is 11.6 Å². The van der Waals surface area contributed by atoms with Gasteiger partial charge in [0.25, 0.3) is 0 Å². The fourth-order valence-corrected chi connectivity index (χ4v) is 4.52. The van der Waals surface area contributed by atoms with Gasteiger partial charge in [-0.3, -0.25) is 0 Å². The van der Waals surface area contributed by atoms with Gasteiger partial charge in [-0.15, -0.1) is 0 Å². The van der Waals surface area contributed by atoms with Gasteiger partial charge in [0.2, 0.25) is 0 Å². The van der Waals surface area contributed by atoms with Crippen molar-refractivity contribution in [3.05, 3.63) is 89.7 Å². The Balaban J connectivity index is 1.66. The molecular formula is C27H27F3N2O. The lowest BCUT2D eigenvalue weighted by Crippen LogP contribution is -2.42. The van der Waals surface area contributed by atoms with Crippen LogP contribution in [-0.4, -0.2) is 17.0 Å². The summed E-state index contributed by atoms with van der Waals surface area (Å²) in [6, 6.07) is 18.2. The Morgan fingerprint density at radius 1 is 0.848 bits per heavy atom. The Kier molecular flexibility index (Phi) is 7.33. The molecule has 6 heteroatoms. The second-order valence-electron chi connectivity index (χ2n) is 8.47. The Bertz CT molecular complexity index is 1070. The predicted molar refractivity (Wildman–Crippen MR) is 124 cm³/mol. The zero-order chi connectivity index (χ0) is 23.2. The van der Waals surface area contributed by atoms with E-state index in [1.165, 1.54) is 0 Å². The van der Waals surface area contributed by atoms with Crippen molar-refractivity contribution >= 4 is 11.7 Å². The van der Waals surface area contributed by atoms with Crippen LogP contribution in [0.25, 0.3) is 11.1 Å². The first-order valence-electron chi connectivity index (χ1n) is 11.4. The molecule has 0 unspecified atom stereocenters. The molecule has 3 nitrogen and oxygen atoms in total. The van der Waals surface area contributed by atoms with E-state index in [1.54, 1.807) is 4.90 Å². The summed E-state index contributed by atoms with van der Waals surface area (Å²) in [5.74, 6) is -3.29. The van der Waals surface area contributed by atoms with E-state index in [9.17, 15) is 18.0 Å². The van der Waals surface area contributed by atoms with E-state index in [0.717, 1.165) is 55.2 Å². The maximum absolute atomic E-state index is 14.2. The number of carbonyl (C=O) groups excluding carboxylic acids is 1. The summed E-state index contributed by atoms with van der Waals surface area (Å²) in [6.45, 7) is 0.298. The van der Waals surface area contributed by atoms with E-state index in [4.69, 9.17) is 0 Å². The highest BCUT2D eigenvalue weighted by molar-refractivity contribution is 5.90. The SMILES string of the molecule is O=C(Nc1c(F)cc(F)cc1F)N(Cc1ccccc1-c1ccccc1)C1CCCCCC1. The summed E-state index contributed by atoms with van der Waals surface area (Å²) in [5.41, 5.74) is 2.35. The van der Waals surface area contributed by atoms with E-state index in [-0.39, 0.29) is 6.04 Å². The average Bonchev–Trinajstić information content (AvgIpc) is 3.10. The molecule has 1 aliphatic rings. The first kappa shape index (κ1) is 22.9. The predicted octanol–water partition coefficient (Wildman–Crippen LogP) is 7.53. The highest BCUT2D eigenvalue weighted by atomic mass is 19.1. The number of anilines is 1. The van der Waals surface area contributed by atoms with Crippen LogP contribution in [0.4, 0.5) is 23.7 Å². The smallest absolute Gasteiger partial charge is 0.317 e. The molecule has 1 N–H and O–H groups in total. The van der Waals surface area contributed by atoms with E-state index in [1.807, 2.05) is 54.6 Å². The van der Waals surface area contributed by atoms with Crippen LogP contribution in [0.1, 0.15) is 44.1 Å². The highest BCUT2D eigenvalue weighted by Gasteiger charge is 2.27. The molecule has 0 aromatic heterocycles. The monoisotopic (exact) mass is 452 g/mol. The zero-order valence-corrected chi connectivity index (χ0v) is 18.4. The van der Waals surface area contributed by atoms with Gasteiger partial charge in [0, 0.05) is 24.7 Å². The minimum Gasteiger partial charge on any atom is -0.317 e. The molecule has 0 aliphatic heterocycles. The van der Waals surface area contributed by atoms with Crippen LogP contribution >= 0.6 is 0 Å². The van der Waals surface area contributed by atoms with Gasteiger partial charge in [0.1, 0.15) is 11.5 Å². The number of rotatable bonds is 5. The van der Waals surface area contributed by atoms with Gasteiger partial charge < -0.3 is 10.2 Å². The number of nitrogens with one attached hydrogen (secondary N) is 1. The molecule has 4 rings (SSSR count). The molecule has 0 atom stereocenters. The van der Waals surface area contributed by atoms with E-state index >= 15 is 0 Å². The van der Waals surface area contributed by atoms with Crippen molar-refractivity contribution in [2.24, 2.45) is 0 Å². The summed E-state index contributed by atoms with van der Waals surface area (Å²) >= 11 is 0. The van der Waals surface area contributed by atoms with Crippen LogP contribution in [0, 0.1) is 17.5 Å². The van der Waals surface area contributed by atoms with E-state index in [0.29, 0.717) is 18.7 Å². The molecule has 1 fully saturated rings. The van der Waals surface area contributed by atoms with Gasteiger partial charge in [-0.05, 0) is 29.5 Å². The Hall–Kier alpha value is -3.28. The second kappa shape index (κ2) is 10.6. The Morgan fingerprint density at radius 3 is 2.12 bits per heavy atom. The molecule has 0 saturated heterocycles. The normalized spacial score (nSPS) is 14.5. The van der Waals surface area contributed by atoms with Gasteiger partial charge in [-0.25, -0.2) is 18.0 Å². The van der Waals surface area contributed by atoms with Crippen molar-refractivity contribution in [2.75, 3.05) is 5.32 Å². The van der Waals surface area contributed by atoms with Crippen LogP contribution in [0.3, 0.4) is 0 Å². The van der Waals surface area contributed by atoms with E-state index in [2.05, 4.69) is 5.32 Å². The minimum atomic E-state index is -1.13. The van der Waals surface area contributed by atoms with Crippen molar-refractivity contribution < 1.29 is 18.0 Å². The molecule has 172 valence electrons. The second-order valence-corrected chi connectivity index (χ2v) is 8.47. The molecule has 1 aliphatic carbocycles. The molecule has 33 heavy (non-hydrogen) atoms. The third-order valence-electron chi connectivity index (χ3n) is 6.21. The van der Waals surface area contributed by atoms with Gasteiger partial charge >= 0.3 is 6.03 Å². The Morgan fingerprint density at radius 2 is 1.45 bits per heavy atom. The molecule has 0 radical (unpaired) electrons. The quantitative estimate of drug-likeness (QED) is 0.399. The first-order valence-corrected chi connectivity index (χ1v) is 11.4. The average molecular weight is 453 g/mol. The Labute approximate surface area is 192 Å². The summed E-state index contributed by atoms with van der Waals surface area (Å²) in [7, 11) is 0. The van der Waals surface area contributed by atoms with Crippen LogP contribution in [0.5, 0.6) is 0 Å². The topological polar surface area (TPSA) is 32.3 Å². The lowest BCUT2D eigenvalue weighted by atomic mass is 9.98. The third kappa shape index (κ3) is 5.56. The van der Waals surface area contributed by atoms with Crippen LogP contribution in [0.15, 0.2) is 66.7 Å². The van der Waals surface area contributed by atoms with Crippen molar-refractivity contribution in [1.82, 2.24) is 4.90 Å². The highest BCUT2D eigenvalue weighted by Crippen LogP contribution is 2.29. The summed E-state index contributed by atoms with van der Waals surface area (Å²) in [6.07, 6.45) is 5.86. The molecule has 3 aromatic rings. The standard InChI is InChI=1S/C27H27F3N2O/c28-21-16-24(29)26(25(30)17-21)31-27(33)32(22-13-6-1-2-7-14-22)18-20-12-8-9-15-23(20)19-10-4-3-5-11-19/h3-5,8-12,15-17,22H,1-2,6-7,13-14,18H2,(H,31,33).